The summed E-state index contributed by atoms with van der Waals surface area (Å²) in [4.78, 5) is 26.8. The van der Waals surface area contributed by atoms with Gasteiger partial charge in [0.2, 0.25) is 21.8 Å². The molecule has 2 amide bonds. The van der Waals surface area contributed by atoms with Crippen molar-refractivity contribution in [1.29, 1.82) is 0 Å². The first-order valence-corrected chi connectivity index (χ1v) is 11.3. The fourth-order valence-electron chi connectivity index (χ4n) is 3.62. The lowest BCUT2D eigenvalue weighted by Gasteiger charge is -2.22. The molecule has 0 saturated carbocycles. The number of carbonyl (C=O) groups is 2. The molecular formula is C22H23N3O5S. The summed E-state index contributed by atoms with van der Waals surface area (Å²) in [6.45, 7) is 0.111. The third kappa shape index (κ3) is 4.25. The highest BCUT2D eigenvalue weighted by molar-refractivity contribution is 7.89. The number of anilines is 1. The monoisotopic (exact) mass is 441 g/mol. The molecule has 31 heavy (non-hydrogen) atoms. The average molecular weight is 442 g/mol. The number of likely N-dealkylation sites (N-methyl/N-ethyl adjacent to an activating group) is 1. The molecule has 1 aliphatic heterocycles. The van der Waals surface area contributed by atoms with Crippen molar-refractivity contribution in [2.75, 3.05) is 25.5 Å². The lowest BCUT2D eigenvalue weighted by molar-refractivity contribution is -0.121. The van der Waals surface area contributed by atoms with Crippen LogP contribution in [0.15, 0.2) is 63.9 Å². The van der Waals surface area contributed by atoms with Crippen molar-refractivity contribution in [3.8, 4) is 0 Å². The maximum atomic E-state index is 12.8. The second kappa shape index (κ2) is 8.26. The second-order valence-corrected chi connectivity index (χ2v) is 9.40. The highest BCUT2D eigenvalue weighted by Crippen LogP contribution is 2.27. The molecule has 0 spiro atoms. The summed E-state index contributed by atoms with van der Waals surface area (Å²) in [5.41, 5.74) is 1.12. The molecule has 2 heterocycles. The van der Waals surface area contributed by atoms with Crippen molar-refractivity contribution < 1.29 is 22.4 Å². The third-order valence-electron chi connectivity index (χ3n) is 5.32. The summed E-state index contributed by atoms with van der Waals surface area (Å²) >= 11 is 0. The molecule has 2 aromatic carbocycles. The normalized spacial score (nSPS) is 15.9. The molecular weight excluding hydrogens is 418 g/mol. The lowest BCUT2D eigenvalue weighted by Crippen LogP contribution is -2.34. The van der Waals surface area contributed by atoms with Gasteiger partial charge in [0, 0.05) is 24.8 Å². The number of rotatable bonds is 7. The van der Waals surface area contributed by atoms with Crippen LogP contribution in [0.25, 0.3) is 11.0 Å². The Hall–Kier alpha value is -3.01. The number of benzene rings is 2. The topological polar surface area (TPSA) is 99.9 Å². The van der Waals surface area contributed by atoms with Crippen LogP contribution in [0.5, 0.6) is 0 Å². The van der Waals surface area contributed by atoms with Crippen LogP contribution in [-0.4, -0.2) is 45.8 Å². The zero-order chi connectivity index (χ0) is 22.2. The van der Waals surface area contributed by atoms with E-state index in [0.29, 0.717) is 11.4 Å². The third-order valence-corrected chi connectivity index (χ3v) is 6.76. The molecule has 1 fully saturated rings. The number of nitrogens with zero attached hydrogens (tertiary/aromatic N) is 2. The van der Waals surface area contributed by atoms with Crippen LogP contribution in [0.3, 0.4) is 0 Å². The molecule has 162 valence electrons. The Morgan fingerprint density at radius 1 is 1.03 bits per heavy atom. The largest absolute Gasteiger partial charge is 0.459 e. The Balaban J connectivity index is 1.50. The molecule has 1 aliphatic rings. The smallest absolute Gasteiger partial charge is 0.240 e. The van der Waals surface area contributed by atoms with Gasteiger partial charge >= 0.3 is 0 Å². The molecule has 4 rings (SSSR count). The Morgan fingerprint density at radius 2 is 1.68 bits per heavy atom. The molecule has 0 unspecified atom stereocenters. The average Bonchev–Trinajstić information content (AvgIpc) is 3.30. The first-order chi connectivity index (χ1) is 14.8. The molecule has 3 aromatic rings. The zero-order valence-corrected chi connectivity index (χ0v) is 18.1. The molecule has 8 nitrogen and oxygen atoms in total. The van der Waals surface area contributed by atoms with Gasteiger partial charge in [0.05, 0.1) is 16.6 Å². The first-order valence-electron chi connectivity index (χ1n) is 9.87. The minimum Gasteiger partial charge on any atom is -0.459 e. The number of carbonyl (C=O) groups excluding carboxylic acids is 2. The van der Waals surface area contributed by atoms with Crippen LogP contribution in [0, 0.1) is 0 Å². The number of hydrogen-bond donors (Lipinski definition) is 1. The van der Waals surface area contributed by atoms with Crippen LogP contribution in [0.4, 0.5) is 5.69 Å². The number of imide groups is 1. The van der Waals surface area contributed by atoms with E-state index in [0.717, 1.165) is 15.9 Å². The highest BCUT2D eigenvalue weighted by atomic mass is 32.2. The summed E-state index contributed by atoms with van der Waals surface area (Å²) in [5.74, 6) is 0.104. The highest BCUT2D eigenvalue weighted by Gasteiger charge is 2.30. The van der Waals surface area contributed by atoms with Gasteiger partial charge < -0.3 is 4.42 Å². The fraction of sp³-hybridized carbons (Fsp3) is 0.273. The minimum absolute atomic E-state index is 0.0532. The SMILES string of the molecule is CN(C)[C@H](CNS(=O)(=O)c1ccc(N2C(=O)CCC2=O)cc1)c1cc2ccccc2o1. The molecule has 1 saturated heterocycles. The summed E-state index contributed by atoms with van der Waals surface area (Å²) in [5, 5.41) is 0.953. The van der Waals surface area contributed by atoms with Gasteiger partial charge in [0.25, 0.3) is 0 Å². The maximum absolute atomic E-state index is 12.8. The Labute approximate surface area is 180 Å². The van der Waals surface area contributed by atoms with Crippen LogP contribution in [0.2, 0.25) is 0 Å². The Kier molecular flexibility index (Phi) is 5.65. The van der Waals surface area contributed by atoms with Gasteiger partial charge in [0.15, 0.2) is 0 Å². The van der Waals surface area contributed by atoms with Crippen molar-refractivity contribution in [1.82, 2.24) is 9.62 Å². The van der Waals surface area contributed by atoms with E-state index in [1.807, 2.05) is 49.3 Å². The summed E-state index contributed by atoms with van der Waals surface area (Å²) < 4.78 is 34.2. The molecule has 0 radical (unpaired) electrons. The molecule has 1 N–H and O–H groups in total. The van der Waals surface area contributed by atoms with E-state index >= 15 is 0 Å². The predicted octanol–water partition coefficient (Wildman–Crippen LogP) is 2.67. The van der Waals surface area contributed by atoms with E-state index in [1.165, 1.54) is 24.3 Å². The molecule has 0 aliphatic carbocycles. The molecule has 0 bridgehead atoms. The van der Waals surface area contributed by atoms with Gasteiger partial charge in [0.1, 0.15) is 11.3 Å². The van der Waals surface area contributed by atoms with Crippen molar-refractivity contribution in [3.63, 3.8) is 0 Å². The van der Waals surface area contributed by atoms with E-state index in [9.17, 15) is 18.0 Å². The molecule has 1 atom stereocenters. The van der Waals surface area contributed by atoms with Crippen LogP contribution < -0.4 is 9.62 Å². The van der Waals surface area contributed by atoms with Crippen LogP contribution in [-0.2, 0) is 19.6 Å². The van der Waals surface area contributed by atoms with Gasteiger partial charge in [-0.25, -0.2) is 13.1 Å². The number of furan rings is 1. The first kappa shape index (κ1) is 21.2. The maximum Gasteiger partial charge on any atom is 0.240 e. The molecule has 9 heteroatoms. The predicted molar refractivity (Wildman–Crippen MR) is 116 cm³/mol. The summed E-state index contributed by atoms with van der Waals surface area (Å²) in [6.07, 6.45) is 0.350. The van der Waals surface area contributed by atoms with E-state index in [2.05, 4.69) is 4.72 Å². The van der Waals surface area contributed by atoms with E-state index in [-0.39, 0.29) is 42.1 Å². The number of amides is 2. The van der Waals surface area contributed by atoms with Crippen molar-refractivity contribution in [2.24, 2.45) is 0 Å². The van der Waals surface area contributed by atoms with Gasteiger partial charge in [-0.3, -0.25) is 19.4 Å². The second-order valence-electron chi connectivity index (χ2n) is 7.63. The zero-order valence-electron chi connectivity index (χ0n) is 17.2. The number of nitrogens with one attached hydrogen (secondary N) is 1. The van der Waals surface area contributed by atoms with Gasteiger partial charge in [-0.1, -0.05) is 18.2 Å². The lowest BCUT2D eigenvalue weighted by atomic mass is 10.2. The van der Waals surface area contributed by atoms with Crippen molar-refractivity contribution in [3.05, 3.63) is 60.4 Å². The minimum atomic E-state index is -3.80. The number of hydrogen-bond acceptors (Lipinski definition) is 6. The van der Waals surface area contributed by atoms with E-state index < -0.39 is 10.0 Å². The Bertz CT molecular complexity index is 1180. The standard InChI is InChI=1S/C22H23N3O5S/c1-24(2)18(20-13-15-5-3-4-6-19(15)30-20)14-23-31(28,29)17-9-7-16(8-10-17)25-21(26)11-12-22(25)27/h3-10,13,18,23H,11-12,14H2,1-2H3/t18-/m1/s1. The van der Waals surface area contributed by atoms with Crippen LogP contribution in [0.1, 0.15) is 24.6 Å². The van der Waals surface area contributed by atoms with E-state index in [4.69, 9.17) is 4.42 Å². The quantitative estimate of drug-likeness (QED) is 0.566. The van der Waals surface area contributed by atoms with Crippen molar-refractivity contribution in [2.45, 2.75) is 23.8 Å². The van der Waals surface area contributed by atoms with Crippen molar-refractivity contribution >= 4 is 38.5 Å². The van der Waals surface area contributed by atoms with E-state index in [1.54, 1.807) is 0 Å². The Morgan fingerprint density at radius 3 is 2.29 bits per heavy atom. The summed E-state index contributed by atoms with van der Waals surface area (Å²) in [6, 6.07) is 14.9. The molecule has 1 aromatic heterocycles. The number of fused-ring (bicyclic) bond motifs is 1. The fourth-order valence-corrected chi connectivity index (χ4v) is 4.65. The van der Waals surface area contributed by atoms with Gasteiger partial charge in [-0.15, -0.1) is 0 Å². The number of sulfonamides is 1. The van der Waals surface area contributed by atoms with Gasteiger partial charge in [-0.2, -0.15) is 0 Å². The van der Waals surface area contributed by atoms with Crippen LogP contribution >= 0.6 is 0 Å². The summed E-state index contributed by atoms with van der Waals surface area (Å²) in [7, 11) is -0.0966. The number of para-hydroxylation sites is 1. The van der Waals surface area contributed by atoms with Gasteiger partial charge in [-0.05, 0) is 50.5 Å².